The molecule has 2 aromatic heterocycles. The zero-order valence-electron chi connectivity index (χ0n) is 17.0. The van der Waals surface area contributed by atoms with Gasteiger partial charge in [-0.3, -0.25) is 9.69 Å². The molecule has 8 heteroatoms. The number of carbonyl (C=O) groups is 1. The van der Waals surface area contributed by atoms with Gasteiger partial charge in [0.25, 0.3) is 5.91 Å². The highest BCUT2D eigenvalue weighted by atomic mass is 79.9. The predicted molar refractivity (Wildman–Crippen MR) is 138 cm³/mol. The molecular weight excluding hydrogens is 522 g/mol. The number of furan rings is 1. The highest BCUT2D eigenvalue weighted by molar-refractivity contribution is 9.10. The van der Waals surface area contributed by atoms with Gasteiger partial charge in [0.05, 0.1) is 10.6 Å². The highest BCUT2D eigenvalue weighted by Gasteiger charge is 2.35. The van der Waals surface area contributed by atoms with E-state index in [1.807, 2.05) is 66.7 Å². The summed E-state index contributed by atoms with van der Waals surface area (Å²) in [4.78, 5) is 24.1. The van der Waals surface area contributed by atoms with Crippen LogP contribution >= 0.6 is 39.3 Å². The summed E-state index contributed by atoms with van der Waals surface area (Å²) in [5.74, 6) is 1.12. The fraction of sp³-hybridized carbons (Fsp3) is 0. The van der Waals surface area contributed by atoms with E-state index in [9.17, 15) is 4.79 Å². The number of pyridine rings is 1. The first-order chi connectivity index (χ1) is 16.1. The second kappa shape index (κ2) is 9.39. The molecule has 0 N–H and O–H groups in total. The Morgan fingerprint density at radius 3 is 2.55 bits per heavy atom. The Labute approximate surface area is 207 Å². The van der Waals surface area contributed by atoms with Crippen molar-refractivity contribution in [2.24, 2.45) is 4.99 Å². The fourth-order valence-corrected chi connectivity index (χ4v) is 4.65. The van der Waals surface area contributed by atoms with E-state index in [-0.39, 0.29) is 11.1 Å². The highest BCUT2D eigenvalue weighted by Crippen LogP contribution is 2.38. The van der Waals surface area contributed by atoms with Crippen LogP contribution in [0.3, 0.4) is 0 Å². The average Bonchev–Trinajstić information content (AvgIpc) is 3.41. The minimum absolute atomic E-state index is 0.188. The van der Waals surface area contributed by atoms with Gasteiger partial charge in [-0.2, -0.15) is 0 Å². The lowest BCUT2D eigenvalue weighted by Gasteiger charge is -2.15. The molecule has 1 aliphatic rings. The van der Waals surface area contributed by atoms with E-state index in [4.69, 9.17) is 16.0 Å². The Bertz CT molecular complexity index is 1380. The molecule has 1 fully saturated rings. The summed E-state index contributed by atoms with van der Waals surface area (Å²) in [6.45, 7) is 0. The number of hydrogen-bond donors (Lipinski definition) is 0. The van der Waals surface area contributed by atoms with Crippen molar-refractivity contribution in [3.05, 3.63) is 105 Å². The minimum atomic E-state index is -0.188. The normalized spacial score (nSPS) is 16.2. The van der Waals surface area contributed by atoms with Crippen molar-refractivity contribution < 1.29 is 9.21 Å². The molecule has 1 amide bonds. The minimum Gasteiger partial charge on any atom is -0.457 e. The van der Waals surface area contributed by atoms with Crippen molar-refractivity contribution in [2.45, 2.75) is 0 Å². The molecule has 0 saturated carbocycles. The number of aliphatic imine (C=N–C) groups is 1. The van der Waals surface area contributed by atoms with Gasteiger partial charge >= 0.3 is 0 Å². The van der Waals surface area contributed by atoms with E-state index in [1.54, 1.807) is 29.3 Å². The predicted octanol–water partition coefficient (Wildman–Crippen LogP) is 7.57. The van der Waals surface area contributed by atoms with Crippen molar-refractivity contribution in [1.29, 1.82) is 0 Å². The maximum atomic E-state index is 13.4. The monoisotopic (exact) mass is 535 g/mol. The molecule has 0 aliphatic carbocycles. The van der Waals surface area contributed by atoms with Crippen LogP contribution in [-0.4, -0.2) is 16.1 Å². The number of aromatic nitrogens is 1. The van der Waals surface area contributed by atoms with Crippen LogP contribution in [-0.2, 0) is 4.79 Å². The molecule has 2 aromatic carbocycles. The van der Waals surface area contributed by atoms with Gasteiger partial charge in [0.2, 0.25) is 0 Å². The molecule has 0 atom stereocenters. The van der Waals surface area contributed by atoms with E-state index < -0.39 is 0 Å². The molecule has 4 aromatic rings. The van der Waals surface area contributed by atoms with Gasteiger partial charge in [0.15, 0.2) is 10.3 Å². The number of para-hydroxylation sites is 1. The average molecular weight is 537 g/mol. The summed E-state index contributed by atoms with van der Waals surface area (Å²) in [6, 6.07) is 24.5. The zero-order valence-corrected chi connectivity index (χ0v) is 20.1. The molecular formula is C25H15BrClN3O2S. The van der Waals surface area contributed by atoms with E-state index >= 15 is 0 Å². The maximum Gasteiger partial charge on any atom is 0.271 e. The number of hydrogen-bond acceptors (Lipinski definition) is 5. The van der Waals surface area contributed by atoms with Crippen molar-refractivity contribution in [2.75, 3.05) is 4.90 Å². The molecule has 0 bridgehead atoms. The Balaban J connectivity index is 1.51. The third-order valence-electron chi connectivity index (χ3n) is 4.81. The number of amidine groups is 1. The lowest BCUT2D eigenvalue weighted by Crippen LogP contribution is -2.28. The third kappa shape index (κ3) is 4.66. The first-order valence-corrected chi connectivity index (χ1v) is 11.9. The first-order valence-electron chi connectivity index (χ1n) is 9.92. The third-order valence-corrected chi connectivity index (χ3v) is 6.59. The summed E-state index contributed by atoms with van der Waals surface area (Å²) in [6.07, 6.45) is 3.33. The van der Waals surface area contributed by atoms with Crippen LogP contribution in [0.5, 0.6) is 0 Å². The molecule has 162 valence electrons. The molecule has 0 radical (unpaired) electrons. The molecule has 33 heavy (non-hydrogen) atoms. The summed E-state index contributed by atoms with van der Waals surface area (Å²) in [5, 5.41) is 0.765. The SMILES string of the molecule is O=C1/C(=C\c2ccc(-c3ccc(Br)cc3)o2)SC(=Nc2cccnc2Cl)N1c1ccccc1. The standard InChI is InChI=1S/C25H15BrClN3O2S/c26-17-10-8-16(9-11-17)21-13-12-19(32-21)15-22-24(31)30(18-5-2-1-3-6-18)25(33-22)29-20-7-4-14-28-23(20)27/h1-15H/b22-15+,29-25?. The van der Waals surface area contributed by atoms with Crippen LogP contribution in [0.4, 0.5) is 11.4 Å². The second-order valence-electron chi connectivity index (χ2n) is 7.00. The van der Waals surface area contributed by atoms with E-state index in [2.05, 4.69) is 25.9 Å². The summed E-state index contributed by atoms with van der Waals surface area (Å²) >= 11 is 10.9. The summed E-state index contributed by atoms with van der Waals surface area (Å²) in [7, 11) is 0. The largest absolute Gasteiger partial charge is 0.457 e. The Morgan fingerprint density at radius 1 is 1.00 bits per heavy atom. The first kappa shape index (κ1) is 21.7. The smallest absolute Gasteiger partial charge is 0.271 e. The molecule has 0 unspecified atom stereocenters. The second-order valence-corrected chi connectivity index (χ2v) is 9.29. The Hall–Kier alpha value is -3.13. The quantitative estimate of drug-likeness (QED) is 0.199. The Kier molecular flexibility index (Phi) is 6.17. The van der Waals surface area contributed by atoms with Crippen molar-refractivity contribution in [3.8, 4) is 11.3 Å². The van der Waals surface area contributed by atoms with Crippen LogP contribution in [0.15, 0.2) is 104 Å². The fourth-order valence-electron chi connectivity index (χ4n) is 3.25. The van der Waals surface area contributed by atoms with Crippen molar-refractivity contribution in [1.82, 2.24) is 4.98 Å². The maximum absolute atomic E-state index is 13.4. The zero-order chi connectivity index (χ0) is 22.8. The number of carbonyl (C=O) groups excluding carboxylic acids is 1. The number of halogens is 2. The van der Waals surface area contributed by atoms with Crippen LogP contribution in [0.2, 0.25) is 5.15 Å². The summed E-state index contributed by atoms with van der Waals surface area (Å²) in [5.41, 5.74) is 2.16. The van der Waals surface area contributed by atoms with Crippen molar-refractivity contribution in [3.63, 3.8) is 0 Å². The molecule has 3 heterocycles. The van der Waals surface area contributed by atoms with Gasteiger partial charge in [0.1, 0.15) is 17.2 Å². The van der Waals surface area contributed by atoms with Crippen LogP contribution in [0, 0.1) is 0 Å². The van der Waals surface area contributed by atoms with E-state index in [0.717, 1.165) is 15.8 Å². The van der Waals surface area contributed by atoms with Gasteiger partial charge in [-0.1, -0.05) is 57.9 Å². The molecule has 5 nitrogen and oxygen atoms in total. The van der Waals surface area contributed by atoms with E-state index in [0.29, 0.717) is 27.2 Å². The van der Waals surface area contributed by atoms with E-state index in [1.165, 1.54) is 11.8 Å². The number of benzene rings is 2. The van der Waals surface area contributed by atoms with Gasteiger partial charge in [-0.15, -0.1) is 0 Å². The van der Waals surface area contributed by atoms with Gasteiger partial charge in [-0.05, 0) is 60.3 Å². The lowest BCUT2D eigenvalue weighted by atomic mass is 10.2. The van der Waals surface area contributed by atoms with Gasteiger partial charge in [0, 0.05) is 22.3 Å². The van der Waals surface area contributed by atoms with Gasteiger partial charge < -0.3 is 4.42 Å². The number of anilines is 1. The van der Waals surface area contributed by atoms with Crippen LogP contribution < -0.4 is 4.90 Å². The molecule has 1 saturated heterocycles. The van der Waals surface area contributed by atoms with Crippen LogP contribution in [0.25, 0.3) is 17.4 Å². The van der Waals surface area contributed by atoms with Crippen molar-refractivity contribution >= 4 is 67.8 Å². The number of nitrogens with zero attached hydrogens (tertiary/aromatic N) is 3. The summed E-state index contributed by atoms with van der Waals surface area (Å²) < 4.78 is 6.98. The Morgan fingerprint density at radius 2 is 1.79 bits per heavy atom. The molecule has 5 rings (SSSR count). The number of rotatable bonds is 4. The molecule has 0 spiro atoms. The molecule has 1 aliphatic heterocycles. The number of amides is 1. The lowest BCUT2D eigenvalue weighted by molar-refractivity contribution is -0.113. The number of thioether (sulfide) groups is 1. The van der Waals surface area contributed by atoms with Crippen LogP contribution in [0.1, 0.15) is 5.76 Å². The topological polar surface area (TPSA) is 58.7 Å². The van der Waals surface area contributed by atoms with Gasteiger partial charge in [-0.25, -0.2) is 9.98 Å².